The Kier molecular flexibility index (Phi) is 11.7. The first-order valence-corrected chi connectivity index (χ1v) is 7.55. The van der Waals surface area contributed by atoms with Crippen molar-refractivity contribution in [2.24, 2.45) is 22.7 Å². The minimum Gasteiger partial charge on any atom is -0.396 e. The molecule has 0 saturated heterocycles. The van der Waals surface area contributed by atoms with E-state index < -0.39 is 0 Å². The lowest BCUT2D eigenvalue weighted by molar-refractivity contribution is 0.0130. The van der Waals surface area contributed by atoms with Gasteiger partial charge in [-0.05, 0) is 24.2 Å². The molecule has 0 spiro atoms. The van der Waals surface area contributed by atoms with Gasteiger partial charge >= 0.3 is 0 Å². The van der Waals surface area contributed by atoms with E-state index in [4.69, 9.17) is 20.4 Å². The molecule has 0 rings (SSSR count). The van der Waals surface area contributed by atoms with Gasteiger partial charge in [-0.2, -0.15) is 0 Å². The molecule has 0 amide bonds. The van der Waals surface area contributed by atoms with E-state index in [0.717, 1.165) is 12.8 Å². The summed E-state index contributed by atoms with van der Waals surface area (Å²) in [6.45, 7) is 12.7. The van der Waals surface area contributed by atoms with Crippen molar-refractivity contribution in [1.82, 2.24) is 0 Å². The van der Waals surface area contributed by atoms with Gasteiger partial charge in [-0.1, -0.05) is 41.5 Å². The molecule has 0 aliphatic heterocycles. The second kappa shape index (κ2) is 10.6. The molecule has 4 nitrogen and oxygen atoms in total. The predicted molar refractivity (Wildman–Crippen MR) is 83.5 cm³/mol. The largest absolute Gasteiger partial charge is 0.396 e. The Morgan fingerprint density at radius 1 is 0.850 bits per heavy atom. The molecule has 0 aromatic rings. The summed E-state index contributed by atoms with van der Waals surface area (Å²) < 4.78 is 0. The van der Waals surface area contributed by atoms with E-state index in [-0.39, 0.29) is 43.2 Å². The first-order valence-electron chi connectivity index (χ1n) is 7.55. The minimum absolute atomic E-state index is 0.0556. The van der Waals surface area contributed by atoms with Crippen LogP contribution in [0.15, 0.2) is 0 Å². The van der Waals surface area contributed by atoms with Gasteiger partial charge in [0.05, 0.1) is 13.2 Å². The van der Waals surface area contributed by atoms with Crippen LogP contribution in [0.3, 0.4) is 0 Å². The van der Waals surface area contributed by atoms with Gasteiger partial charge in [0.15, 0.2) is 0 Å². The summed E-state index contributed by atoms with van der Waals surface area (Å²) in [5, 5.41) is 35.4. The molecule has 4 N–H and O–H groups in total. The van der Waals surface area contributed by atoms with E-state index in [1.165, 1.54) is 0 Å². The molecule has 124 valence electrons. The van der Waals surface area contributed by atoms with Crippen molar-refractivity contribution >= 4 is 0 Å². The molecule has 0 atom stereocenters. The smallest absolute Gasteiger partial charge is 0.0511 e. The fourth-order valence-electron chi connectivity index (χ4n) is 2.10. The Balaban J connectivity index is 0. The SMILES string of the molecule is CC(C)(C)CC(CO)CO.CCC(CO)(CO)C(C)C. The van der Waals surface area contributed by atoms with Crippen molar-refractivity contribution in [3.05, 3.63) is 0 Å². The highest BCUT2D eigenvalue weighted by atomic mass is 16.3. The van der Waals surface area contributed by atoms with Gasteiger partial charge in [-0.3, -0.25) is 0 Å². The van der Waals surface area contributed by atoms with Gasteiger partial charge in [0.25, 0.3) is 0 Å². The van der Waals surface area contributed by atoms with Crippen LogP contribution in [0.25, 0.3) is 0 Å². The molecule has 0 saturated carbocycles. The van der Waals surface area contributed by atoms with Gasteiger partial charge in [0.1, 0.15) is 0 Å². The lowest BCUT2D eigenvalue weighted by Gasteiger charge is -2.32. The molecule has 0 aliphatic rings. The molecule has 0 aromatic carbocycles. The van der Waals surface area contributed by atoms with E-state index in [1.807, 2.05) is 20.8 Å². The van der Waals surface area contributed by atoms with Crippen molar-refractivity contribution in [3.63, 3.8) is 0 Å². The summed E-state index contributed by atoms with van der Waals surface area (Å²) in [6.07, 6.45) is 1.71. The van der Waals surface area contributed by atoms with Gasteiger partial charge in [0.2, 0.25) is 0 Å². The Hall–Kier alpha value is -0.160. The number of rotatable bonds is 7. The molecule has 0 fully saturated rings. The first-order chi connectivity index (χ1) is 9.12. The number of hydrogen-bond donors (Lipinski definition) is 4. The third kappa shape index (κ3) is 8.90. The fraction of sp³-hybridized carbons (Fsp3) is 1.00. The summed E-state index contributed by atoms with van der Waals surface area (Å²) in [5.74, 6) is 0.396. The highest BCUT2D eigenvalue weighted by Gasteiger charge is 2.30. The molecule has 0 aliphatic carbocycles. The molecule has 0 radical (unpaired) electrons. The zero-order valence-corrected chi connectivity index (χ0v) is 14.2. The number of hydrogen-bond acceptors (Lipinski definition) is 4. The van der Waals surface area contributed by atoms with Gasteiger partial charge in [-0.25, -0.2) is 0 Å². The molecule has 0 heterocycles. The molecule has 20 heavy (non-hydrogen) atoms. The lowest BCUT2D eigenvalue weighted by Crippen LogP contribution is -2.34. The summed E-state index contributed by atoms with van der Waals surface area (Å²) in [4.78, 5) is 0. The third-order valence-electron chi connectivity index (χ3n) is 3.98. The van der Waals surface area contributed by atoms with E-state index in [1.54, 1.807) is 0 Å². The molecule has 0 bridgehead atoms. The van der Waals surface area contributed by atoms with Crippen molar-refractivity contribution in [1.29, 1.82) is 0 Å². The molecular weight excluding hydrogens is 256 g/mol. The average Bonchev–Trinajstić information content (AvgIpc) is 2.38. The van der Waals surface area contributed by atoms with Crippen LogP contribution in [0.1, 0.15) is 54.4 Å². The second-order valence-corrected chi connectivity index (χ2v) is 7.18. The quantitative estimate of drug-likeness (QED) is 0.579. The van der Waals surface area contributed by atoms with Crippen LogP contribution >= 0.6 is 0 Å². The molecular formula is C16H36O4. The van der Waals surface area contributed by atoms with Gasteiger partial charge in [0, 0.05) is 24.5 Å². The van der Waals surface area contributed by atoms with Crippen LogP contribution in [-0.4, -0.2) is 46.9 Å². The molecule has 4 heteroatoms. The summed E-state index contributed by atoms with van der Waals surface area (Å²) in [6, 6.07) is 0. The van der Waals surface area contributed by atoms with Crippen molar-refractivity contribution < 1.29 is 20.4 Å². The number of aliphatic hydroxyl groups excluding tert-OH is 4. The van der Waals surface area contributed by atoms with E-state index >= 15 is 0 Å². The monoisotopic (exact) mass is 292 g/mol. The minimum atomic E-state index is -0.264. The maximum atomic E-state index is 8.99. The van der Waals surface area contributed by atoms with Crippen LogP contribution in [-0.2, 0) is 0 Å². The van der Waals surface area contributed by atoms with Crippen LogP contribution in [0.4, 0.5) is 0 Å². The van der Waals surface area contributed by atoms with Crippen molar-refractivity contribution in [2.75, 3.05) is 26.4 Å². The van der Waals surface area contributed by atoms with Crippen molar-refractivity contribution in [3.8, 4) is 0 Å². The molecule has 0 aromatic heterocycles. The fourth-order valence-corrected chi connectivity index (χ4v) is 2.10. The third-order valence-corrected chi connectivity index (χ3v) is 3.98. The van der Waals surface area contributed by atoms with Gasteiger partial charge < -0.3 is 20.4 Å². The maximum Gasteiger partial charge on any atom is 0.0511 e. The maximum absolute atomic E-state index is 8.99. The summed E-state index contributed by atoms with van der Waals surface area (Å²) in [5.41, 5.74) is -0.0594. The predicted octanol–water partition coefficient (Wildman–Crippen LogP) is 2.05. The standard InChI is InChI=1S/2C8H18O2/c1-8(2,3)4-7(5-9)6-10;1-4-8(5-9,6-10)7(2)3/h2*7,9-10H,4-6H2,1-3H3. The van der Waals surface area contributed by atoms with Crippen LogP contribution in [0.2, 0.25) is 0 Å². The van der Waals surface area contributed by atoms with Crippen LogP contribution in [0.5, 0.6) is 0 Å². The highest BCUT2D eigenvalue weighted by Crippen LogP contribution is 2.29. The van der Waals surface area contributed by atoms with E-state index in [9.17, 15) is 0 Å². The Morgan fingerprint density at radius 2 is 1.25 bits per heavy atom. The zero-order valence-electron chi connectivity index (χ0n) is 14.2. The highest BCUT2D eigenvalue weighted by molar-refractivity contribution is 4.79. The zero-order chi connectivity index (χ0) is 16.4. The molecule has 0 unspecified atom stereocenters. The second-order valence-electron chi connectivity index (χ2n) is 7.18. The van der Waals surface area contributed by atoms with Crippen LogP contribution in [0, 0.1) is 22.7 Å². The normalized spacial score (nSPS) is 12.6. The van der Waals surface area contributed by atoms with Crippen molar-refractivity contribution in [2.45, 2.75) is 54.4 Å². The average molecular weight is 292 g/mol. The van der Waals surface area contributed by atoms with Crippen LogP contribution < -0.4 is 0 Å². The Labute approximate surface area is 124 Å². The Morgan fingerprint density at radius 3 is 1.30 bits per heavy atom. The lowest BCUT2D eigenvalue weighted by atomic mass is 9.76. The van der Waals surface area contributed by atoms with E-state index in [0.29, 0.717) is 5.92 Å². The summed E-state index contributed by atoms with van der Waals surface area (Å²) >= 11 is 0. The first kappa shape index (κ1) is 22.1. The number of aliphatic hydroxyl groups is 4. The summed E-state index contributed by atoms with van der Waals surface area (Å²) in [7, 11) is 0. The topological polar surface area (TPSA) is 80.9 Å². The van der Waals surface area contributed by atoms with E-state index in [2.05, 4.69) is 20.8 Å². The van der Waals surface area contributed by atoms with Gasteiger partial charge in [-0.15, -0.1) is 0 Å². The Bertz CT molecular complexity index is 205.